The fourth-order valence-electron chi connectivity index (χ4n) is 2.22. The first-order valence-electron chi connectivity index (χ1n) is 6.72. The van der Waals surface area contributed by atoms with E-state index >= 15 is 0 Å². The fraction of sp³-hybridized carbons (Fsp3) is 0.0588. The molecule has 0 saturated heterocycles. The van der Waals surface area contributed by atoms with Gasteiger partial charge >= 0.3 is 5.97 Å². The molecule has 0 bridgehead atoms. The van der Waals surface area contributed by atoms with Crippen molar-refractivity contribution in [3.05, 3.63) is 66.4 Å². The molecule has 2 aromatic carbocycles. The van der Waals surface area contributed by atoms with Gasteiger partial charge in [-0.05, 0) is 42.5 Å². The lowest BCUT2D eigenvalue weighted by Gasteiger charge is -2.08. The summed E-state index contributed by atoms with van der Waals surface area (Å²) in [6, 6.07) is 18.4. The van der Waals surface area contributed by atoms with E-state index in [1.165, 1.54) is 0 Å². The predicted molar refractivity (Wildman–Crippen MR) is 82.5 cm³/mol. The minimum absolute atomic E-state index is 0.00895. The molecule has 1 aromatic heterocycles. The molecule has 0 spiro atoms. The first-order chi connectivity index (χ1) is 10.7. The Morgan fingerprint density at radius 3 is 2.36 bits per heavy atom. The average Bonchev–Trinajstić information content (AvgIpc) is 3.01. The van der Waals surface area contributed by atoms with Crippen LogP contribution in [-0.2, 0) is 0 Å². The molecule has 0 radical (unpaired) electrons. The molecule has 0 unspecified atom stereocenters. The van der Waals surface area contributed by atoms with Gasteiger partial charge in [-0.3, -0.25) is 0 Å². The summed E-state index contributed by atoms with van der Waals surface area (Å²) in [4.78, 5) is 11.2. The maximum absolute atomic E-state index is 11.2. The molecular weight excluding hydrogens is 280 g/mol. The van der Waals surface area contributed by atoms with Crippen LogP contribution in [0, 0.1) is 0 Å². The number of nitrogens with zero attached hydrogens (tertiary/aromatic N) is 2. The molecule has 0 amide bonds. The van der Waals surface area contributed by atoms with Crippen molar-refractivity contribution in [2.75, 3.05) is 7.11 Å². The van der Waals surface area contributed by atoms with Crippen molar-refractivity contribution < 1.29 is 14.6 Å². The summed E-state index contributed by atoms with van der Waals surface area (Å²) in [5.41, 5.74) is 2.39. The number of aromatic carboxylic acids is 1. The zero-order valence-electron chi connectivity index (χ0n) is 11.9. The van der Waals surface area contributed by atoms with Gasteiger partial charge in [0.25, 0.3) is 0 Å². The minimum atomic E-state index is -1.05. The van der Waals surface area contributed by atoms with Crippen LogP contribution >= 0.6 is 0 Å². The van der Waals surface area contributed by atoms with Crippen molar-refractivity contribution in [3.63, 3.8) is 0 Å². The Hall–Kier alpha value is -3.08. The number of benzene rings is 2. The number of methoxy groups -OCH3 is 1. The second-order valence-electron chi connectivity index (χ2n) is 4.70. The maximum atomic E-state index is 11.2. The Kier molecular flexibility index (Phi) is 3.62. The lowest BCUT2D eigenvalue weighted by atomic mass is 10.1. The zero-order valence-corrected chi connectivity index (χ0v) is 11.9. The van der Waals surface area contributed by atoms with Gasteiger partial charge in [0.05, 0.1) is 18.5 Å². The van der Waals surface area contributed by atoms with Crippen molar-refractivity contribution in [1.29, 1.82) is 0 Å². The van der Waals surface area contributed by atoms with Gasteiger partial charge in [-0.1, -0.05) is 18.2 Å². The Morgan fingerprint density at radius 2 is 1.77 bits per heavy atom. The smallest absolute Gasteiger partial charge is 0.356 e. The largest absolute Gasteiger partial charge is 0.497 e. The number of carboxylic acids is 1. The quantitative estimate of drug-likeness (QED) is 0.802. The highest BCUT2D eigenvalue weighted by Gasteiger charge is 2.15. The third-order valence-electron chi connectivity index (χ3n) is 3.32. The monoisotopic (exact) mass is 294 g/mol. The van der Waals surface area contributed by atoms with Gasteiger partial charge in [-0.2, -0.15) is 5.10 Å². The number of carbonyl (C=O) groups is 1. The number of aromatic nitrogens is 2. The summed E-state index contributed by atoms with van der Waals surface area (Å²) >= 11 is 0. The lowest BCUT2D eigenvalue weighted by Crippen LogP contribution is -2.02. The SMILES string of the molecule is COc1ccc(-c2cc(C(=O)O)nn2-c2ccccc2)cc1. The highest BCUT2D eigenvalue weighted by molar-refractivity contribution is 5.87. The van der Waals surface area contributed by atoms with E-state index in [2.05, 4.69) is 5.10 Å². The molecule has 3 aromatic rings. The van der Waals surface area contributed by atoms with E-state index in [4.69, 9.17) is 4.74 Å². The van der Waals surface area contributed by atoms with Crippen molar-refractivity contribution >= 4 is 5.97 Å². The van der Waals surface area contributed by atoms with E-state index < -0.39 is 5.97 Å². The third kappa shape index (κ3) is 2.56. The predicted octanol–water partition coefficient (Wildman–Crippen LogP) is 3.25. The second kappa shape index (κ2) is 5.73. The van der Waals surface area contributed by atoms with Crippen molar-refractivity contribution in [2.45, 2.75) is 0 Å². The van der Waals surface area contributed by atoms with Gasteiger partial charge in [0, 0.05) is 5.56 Å². The van der Waals surface area contributed by atoms with Crippen LogP contribution in [0.5, 0.6) is 5.75 Å². The molecule has 3 rings (SSSR count). The molecule has 110 valence electrons. The molecule has 5 heteroatoms. The zero-order chi connectivity index (χ0) is 15.5. The molecule has 5 nitrogen and oxygen atoms in total. The third-order valence-corrected chi connectivity index (χ3v) is 3.32. The fourth-order valence-corrected chi connectivity index (χ4v) is 2.22. The van der Waals surface area contributed by atoms with E-state index in [1.54, 1.807) is 17.9 Å². The molecule has 0 aliphatic carbocycles. The molecule has 0 fully saturated rings. The van der Waals surface area contributed by atoms with Crippen LogP contribution in [-0.4, -0.2) is 28.0 Å². The Balaban J connectivity index is 2.14. The number of para-hydroxylation sites is 1. The second-order valence-corrected chi connectivity index (χ2v) is 4.70. The van der Waals surface area contributed by atoms with E-state index in [0.29, 0.717) is 5.69 Å². The highest BCUT2D eigenvalue weighted by Crippen LogP contribution is 2.26. The summed E-state index contributed by atoms with van der Waals surface area (Å²) in [7, 11) is 1.60. The van der Waals surface area contributed by atoms with Crippen LogP contribution in [0.1, 0.15) is 10.5 Å². The van der Waals surface area contributed by atoms with E-state index in [1.807, 2.05) is 54.6 Å². The van der Waals surface area contributed by atoms with Crippen molar-refractivity contribution in [1.82, 2.24) is 9.78 Å². The van der Waals surface area contributed by atoms with Crippen LogP contribution in [0.4, 0.5) is 0 Å². The molecule has 0 saturated carbocycles. The number of carboxylic acid groups (broad SMARTS) is 1. The number of hydrogen-bond acceptors (Lipinski definition) is 3. The molecular formula is C17H14N2O3. The molecule has 0 aliphatic rings. The maximum Gasteiger partial charge on any atom is 0.356 e. The topological polar surface area (TPSA) is 64.3 Å². The molecule has 1 N–H and O–H groups in total. The summed E-state index contributed by atoms with van der Waals surface area (Å²) in [6.45, 7) is 0. The van der Waals surface area contributed by atoms with Crippen LogP contribution in [0.2, 0.25) is 0 Å². The van der Waals surface area contributed by atoms with E-state index in [-0.39, 0.29) is 5.69 Å². The number of hydrogen-bond donors (Lipinski definition) is 1. The Labute approximate surface area is 127 Å². The molecule has 1 heterocycles. The van der Waals surface area contributed by atoms with Crippen molar-refractivity contribution in [3.8, 4) is 22.7 Å². The van der Waals surface area contributed by atoms with Gasteiger partial charge in [0.2, 0.25) is 0 Å². The summed E-state index contributed by atoms with van der Waals surface area (Å²) in [5, 5.41) is 13.4. The Morgan fingerprint density at radius 1 is 1.09 bits per heavy atom. The molecule has 0 atom stereocenters. The number of rotatable bonds is 4. The van der Waals surface area contributed by atoms with Crippen LogP contribution in [0.15, 0.2) is 60.7 Å². The first-order valence-corrected chi connectivity index (χ1v) is 6.72. The van der Waals surface area contributed by atoms with Gasteiger partial charge < -0.3 is 9.84 Å². The lowest BCUT2D eigenvalue weighted by molar-refractivity contribution is 0.0690. The van der Waals surface area contributed by atoms with Crippen LogP contribution in [0.3, 0.4) is 0 Å². The van der Waals surface area contributed by atoms with Crippen molar-refractivity contribution in [2.24, 2.45) is 0 Å². The van der Waals surface area contributed by atoms with Gasteiger partial charge in [0.1, 0.15) is 5.75 Å². The molecule has 22 heavy (non-hydrogen) atoms. The van der Waals surface area contributed by atoms with Gasteiger partial charge in [-0.15, -0.1) is 0 Å². The highest BCUT2D eigenvalue weighted by atomic mass is 16.5. The van der Waals surface area contributed by atoms with Crippen LogP contribution in [0.25, 0.3) is 16.9 Å². The van der Waals surface area contributed by atoms with E-state index in [9.17, 15) is 9.90 Å². The average molecular weight is 294 g/mol. The number of ether oxygens (including phenoxy) is 1. The van der Waals surface area contributed by atoms with Gasteiger partial charge in [0.15, 0.2) is 5.69 Å². The minimum Gasteiger partial charge on any atom is -0.497 e. The van der Waals surface area contributed by atoms with Crippen LogP contribution < -0.4 is 4.74 Å². The summed E-state index contributed by atoms with van der Waals surface area (Å²) in [5.74, 6) is -0.308. The summed E-state index contributed by atoms with van der Waals surface area (Å²) in [6.07, 6.45) is 0. The normalized spacial score (nSPS) is 10.4. The van der Waals surface area contributed by atoms with E-state index in [0.717, 1.165) is 17.0 Å². The summed E-state index contributed by atoms with van der Waals surface area (Å²) < 4.78 is 6.78. The van der Waals surface area contributed by atoms with Gasteiger partial charge in [-0.25, -0.2) is 9.48 Å². The first kappa shape index (κ1) is 13.9. The Bertz CT molecular complexity index is 793. The molecule has 0 aliphatic heterocycles. The standard InChI is InChI=1S/C17H14N2O3/c1-22-14-9-7-12(8-10-14)16-11-15(17(20)21)18-19(16)13-5-3-2-4-6-13/h2-11H,1H3,(H,20,21).